The van der Waals surface area contributed by atoms with E-state index in [0.717, 1.165) is 6.07 Å². The average Bonchev–Trinajstić information content (AvgIpc) is 2.07. The van der Waals surface area contributed by atoms with Crippen molar-refractivity contribution < 1.29 is 22.8 Å². The van der Waals surface area contributed by atoms with E-state index in [0.29, 0.717) is 0 Å². The minimum absolute atomic E-state index is 0.207. The van der Waals surface area contributed by atoms with Gasteiger partial charge in [0.05, 0.1) is 4.92 Å². The van der Waals surface area contributed by atoms with Crippen LogP contribution in [0.4, 0.5) is 18.9 Å². The van der Waals surface area contributed by atoms with Gasteiger partial charge in [0.25, 0.3) is 0 Å². The van der Waals surface area contributed by atoms with Crippen molar-refractivity contribution in [3.8, 4) is 5.75 Å². The molecule has 5 nitrogen and oxygen atoms in total. The molecule has 1 rings (SSSR count). The molecule has 0 spiro atoms. The molecule has 9 heteroatoms. The Morgan fingerprint density at radius 2 is 2.12 bits per heavy atom. The maximum absolute atomic E-state index is 12.0. The first-order valence-electron chi connectivity index (χ1n) is 3.78. The maximum Gasteiger partial charge on any atom is 0.573 e. The maximum atomic E-state index is 12.0. The van der Waals surface area contributed by atoms with Crippen molar-refractivity contribution in [3.63, 3.8) is 0 Å². The molecule has 0 aliphatic heterocycles. The van der Waals surface area contributed by atoms with Gasteiger partial charge in [0.15, 0.2) is 3.70 Å². The first-order valence-corrected chi connectivity index (χ1v) is 4.86. The van der Waals surface area contributed by atoms with Crippen molar-refractivity contribution in [3.05, 3.63) is 25.6 Å². The Hall–Kier alpha value is -1.13. The van der Waals surface area contributed by atoms with Crippen LogP contribution in [0.1, 0.15) is 5.69 Å². The molecule has 0 bridgehead atoms. The van der Waals surface area contributed by atoms with E-state index in [2.05, 4.69) is 9.72 Å². The molecule has 0 atom stereocenters. The third-order valence-electron chi connectivity index (χ3n) is 1.45. The Labute approximate surface area is 101 Å². The van der Waals surface area contributed by atoms with Crippen LogP contribution in [0.15, 0.2) is 6.07 Å². The van der Waals surface area contributed by atoms with Crippen molar-refractivity contribution in [2.24, 2.45) is 0 Å². The monoisotopic (exact) mass is 348 g/mol. The highest BCUT2D eigenvalue weighted by atomic mass is 127. The summed E-state index contributed by atoms with van der Waals surface area (Å²) in [6.07, 6.45) is -4.98. The fourth-order valence-electron chi connectivity index (χ4n) is 0.953. The predicted octanol–water partition coefficient (Wildman–Crippen LogP) is 2.80. The van der Waals surface area contributed by atoms with E-state index >= 15 is 0 Å². The van der Waals surface area contributed by atoms with Gasteiger partial charge in [-0.25, -0.2) is 4.98 Å². The van der Waals surface area contributed by atoms with Crippen LogP contribution in [0.5, 0.6) is 5.75 Å². The largest absolute Gasteiger partial charge is 0.573 e. The highest BCUT2D eigenvalue weighted by molar-refractivity contribution is 14.1. The number of nitro groups is 1. The van der Waals surface area contributed by atoms with Gasteiger partial charge >= 0.3 is 12.0 Å². The standard InChI is InChI=1S/C7H4F3IN2O3/c1-3-2-4(13(14)15)5(6(11)12-3)16-7(8,9)10/h2H,1H3. The van der Waals surface area contributed by atoms with E-state index in [1.807, 2.05) is 0 Å². The topological polar surface area (TPSA) is 65.3 Å². The fourth-order valence-corrected chi connectivity index (χ4v) is 1.72. The number of pyridine rings is 1. The van der Waals surface area contributed by atoms with Crippen molar-refractivity contribution in [1.29, 1.82) is 0 Å². The van der Waals surface area contributed by atoms with Crippen LogP contribution in [0.2, 0.25) is 0 Å². The summed E-state index contributed by atoms with van der Waals surface area (Å²) in [5.41, 5.74) is -0.514. The minimum Gasteiger partial charge on any atom is -0.396 e. The lowest BCUT2D eigenvalue weighted by Crippen LogP contribution is -2.19. The highest BCUT2D eigenvalue weighted by Gasteiger charge is 2.36. The van der Waals surface area contributed by atoms with Gasteiger partial charge in [-0.15, -0.1) is 13.2 Å². The molecule has 0 aliphatic rings. The van der Waals surface area contributed by atoms with Crippen LogP contribution in [-0.4, -0.2) is 16.3 Å². The molecule has 1 heterocycles. The van der Waals surface area contributed by atoms with Gasteiger partial charge < -0.3 is 4.74 Å². The summed E-state index contributed by atoms with van der Waals surface area (Å²) in [5.74, 6) is -0.885. The molecular weight excluding hydrogens is 344 g/mol. The molecule has 0 saturated heterocycles. The zero-order valence-electron chi connectivity index (χ0n) is 7.71. The molecule has 0 saturated carbocycles. The zero-order chi connectivity index (χ0) is 12.5. The molecule has 88 valence electrons. The lowest BCUT2D eigenvalue weighted by atomic mass is 10.3. The molecule has 0 aromatic carbocycles. The summed E-state index contributed by atoms with van der Waals surface area (Å²) in [6, 6.07) is 0.920. The van der Waals surface area contributed by atoms with Gasteiger partial charge in [-0.3, -0.25) is 10.1 Å². The lowest BCUT2D eigenvalue weighted by Gasteiger charge is -2.10. The van der Waals surface area contributed by atoms with Crippen molar-refractivity contribution in [2.75, 3.05) is 0 Å². The Morgan fingerprint density at radius 1 is 1.56 bits per heavy atom. The van der Waals surface area contributed by atoms with E-state index < -0.39 is 22.7 Å². The number of nitrogens with zero attached hydrogens (tertiary/aromatic N) is 2. The molecular formula is C7H4F3IN2O3. The Bertz CT molecular complexity index is 436. The number of alkyl halides is 3. The van der Waals surface area contributed by atoms with Crippen LogP contribution in [0.3, 0.4) is 0 Å². The second-order valence-electron chi connectivity index (χ2n) is 2.71. The molecule has 0 aliphatic carbocycles. The summed E-state index contributed by atoms with van der Waals surface area (Å²) in [5, 5.41) is 10.5. The van der Waals surface area contributed by atoms with Gasteiger partial charge in [0.2, 0.25) is 5.75 Å². The Kier molecular flexibility index (Phi) is 3.55. The minimum atomic E-state index is -4.98. The van der Waals surface area contributed by atoms with Gasteiger partial charge in [0, 0.05) is 11.8 Å². The molecule has 1 aromatic rings. The van der Waals surface area contributed by atoms with E-state index in [1.54, 1.807) is 0 Å². The van der Waals surface area contributed by atoms with Crippen LogP contribution in [0.25, 0.3) is 0 Å². The summed E-state index contributed by atoms with van der Waals surface area (Å²) in [4.78, 5) is 13.3. The number of halogens is 4. The number of hydrogen-bond acceptors (Lipinski definition) is 4. The number of rotatable bonds is 2. The van der Waals surface area contributed by atoms with Crippen LogP contribution >= 0.6 is 22.6 Å². The second kappa shape index (κ2) is 4.39. The summed E-state index contributed by atoms with van der Waals surface area (Å²) in [6.45, 7) is 1.44. The molecule has 0 unspecified atom stereocenters. The van der Waals surface area contributed by atoms with Crippen molar-refractivity contribution >= 4 is 28.3 Å². The fraction of sp³-hybridized carbons (Fsp3) is 0.286. The second-order valence-corrected chi connectivity index (χ2v) is 3.73. The first kappa shape index (κ1) is 12.9. The smallest absolute Gasteiger partial charge is 0.396 e. The van der Waals surface area contributed by atoms with E-state index in [1.165, 1.54) is 29.5 Å². The quantitative estimate of drug-likeness (QED) is 0.357. The van der Waals surface area contributed by atoms with Crippen LogP contribution in [-0.2, 0) is 0 Å². The molecule has 0 fully saturated rings. The summed E-state index contributed by atoms with van der Waals surface area (Å²) < 4.78 is 39.3. The predicted molar refractivity (Wildman–Crippen MR) is 55.0 cm³/mol. The highest BCUT2D eigenvalue weighted by Crippen LogP contribution is 2.35. The molecule has 1 aromatic heterocycles. The SMILES string of the molecule is Cc1cc([N+](=O)[O-])c(OC(F)(F)F)c(I)n1. The third-order valence-corrected chi connectivity index (χ3v) is 2.19. The average molecular weight is 348 g/mol. The van der Waals surface area contributed by atoms with Gasteiger partial charge in [-0.05, 0) is 29.5 Å². The van der Waals surface area contributed by atoms with E-state index in [9.17, 15) is 23.3 Å². The molecule has 0 amide bonds. The summed E-state index contributed by atoms with van der Waals surface area (Å²) in [7, 11) is 0. The lowest BCUT2D eigenvalue weighted by molar-refractivity contribution is -0.388. The summed E-state index contributed by atoms with van der Waals surface area (Å²) >= 11 is 1.44. The normalized spacial score (nSPS) is 11.3. The van der Waals surface area contributed by atoms with Crippen LogP contribution < -0.4 is 4.74 Å². The van der Waals surface area contributed by atoms with Gasteiger partial charge in [0.1, 0.15) is 0 Å². The van der Waals surface area contributed by atoms with E-state index in [4.69, 9.17) is 0 Å². The third kappa shape index (κ3) is 3.18. The van der Waals surface area contributed by atoms with Gasteiger partial charge in [-0.1, -0.05) is 0 Å². The zero-order valence-corrected chi connectivity index (χ0v) is 9.87. The number of ether oxygens (including phenoxy) is 1. The molecule has 0 N–H and O–H groups in total. The molecule has 16 heavy (non-hydrogen) atoms. The first-order chi connectivity index (χ1) is 7.20. The molecule has 0 radical (unpaired) electrons. The Balaban J connectivity index is 3.30. The number of hydrogen-bond donors (Lipinski definition) is 0. The number of aromatic nitrogens is 1. The number of aryl methyl sites for hydroxylation is 1. The van der Waals surface area contributed by atoms with Gasteiger partial charge in [-0.2, -0.15) is 0 Å². The Morgan fingerprint density at radius 3 is 2.56 bits per heavy atom. The van der Waals surface area contributed by atoms with E-state index in [-0.39, 0.29) is 9.39 Å². The van der Waals surface area contributed by atoms with Crippen LogP contribution in [0, 0.1) is 20.7 Å². The van der Waals surface area contributed by atoms with Crippen molar-refractivity contribution in [2.45, 2.75) is 13.3 Å². The van der Waals surface area contributed by atoms with Crippen molar-refractivity contribution in [1.82, 2.24) is 4.98 Å².